The zero-order chi connectivity index (χ0) is 17.9. The molecule has 0 aliphatic heterocycles. The molecule has 0 amide bonds. The number of halogens is 3. The largest absolute Gasteiger partial charge is 0.497 e. The summed E-state index contributed by atoms with van der Waals surface area (Å²) in [7, 11) is 1.64. The van der Waals surface area contributed by atoms with E-state index in [-0.39, 0.29) is 0 Å². The lowest BCUT2D eigenvalue weighted by atomic mass is 10.1. The van der Waals surface area contributed by atoms with Crippen LogP contribution in [0.4, 0.5) is 13.2 Å². The molecule has 25 heavy (non-hydrogen) atoms. The second-order valence-corrected chi connectivity index (χ2v) is 5.85. The van der Waals surface area contributed by atoms with Crippen LogP contribution < -0.4 is 10.1 Å². The topological polar surface area (TPSA) is 37.0 Å². The van der Waals surface area contributed by atoms with Crippen molar-refractivity contribution in [1.29, 1.82) is 0 Å². The van der Waals surface area contributed by atoms with Gasteiger partial charge in [-0.15, -0.1) is 0 Å². The fourth-order valence-corrected chi connectivity index (χ4v) is 2.76. The summed E-state index contributed by atoms with van der Waals surface area (Å²) in [5.41, 5.74) is 2.44. The summed E-state index contributed by atoms with van der Waals surface area (Å²) in [6.45, 7) is 1.26. The van der Waals surface area contributed by atoms with Gasteiger partial charge in [0.15, 0.2) is 0 Å². The lowest BCUT2D eigenvalue weighted by molar-refractivity contribution is -0.137. The van der Waals surface area contributed by atoms with E-state index in [4.69, 9.17) is 4.74 Å². The molecule has 1 aromatic heterocycles. The highest BCUT2D eigenvalue weighted by Gasteiger charge is 2.29. The van der Waals surface area contributed by atoms with Gasteiger partial charge in [0.1, 0.15) is 5.75 Å². The Kier molecular flexibility index (Phi) is 4.99. The molecule has 6 heteroatoms. The van der Waals surface area contributed by atoms with E-state index in [1.165, 1.54) is 17.7 Å². The van der Waals surface area contributed by atoms with Crippen LogP contribution in [-0.2, 0) is 19.1 Å². The third-order valence-corrected chi connectivity index (χ3v) is 4.16. The maximum Gasteiger partial charge on any atom is 0.416 e. The van der Waals surface area contributed by atoms with Crippen LogP contribution in [-0.4, -0.2) is 18.6 Å². The molecule has 3 rings (SSSR count). The van der Waals surface area contributed by atoms with Gasteiger partial charge in [0, 0.05) is 23.6 Å². The monoisotopic (exact) mass is 348 g/mol. The highest BCUT2D eigenvalue weighted by atomic mass is 19.4. The number of hydrogen-bond acceptors (Lipinski definition) is 2. The van der Waals surface area contributed by atoms with Crippen LogP contribution in [0.25, 0.3) is 10.9 Å². The molecular formula is C19H19F3N2O. The molecule has 0 atom stereocenters. The molecule has 2 N–H and O–H groups in total. The Morgan fingerprint density at radius 3 is 2.52 bits per heavy atom. The van der Waals surface area contributed by atoms with Gasteiger partial charge in [-0.05, 0) is 54.4 Å². The number of fused-ring (bicyclic) bond motifs is 1. The summed E-state index contributed by atoms with van der Waals surface area (Å²) >= 11 is 0. The lowest BCUT2D eigenvalue weighted by Gasteiger charge is -2.08. The van der Waals surface area contributed by atoms with Crippen molar-refractivity contribution in [2.75, 3.05) is 13.7 Å². The minimum Gasteiger partial charge on any atom is -0.497 e. The summed E-state index contributed by atoms with van der Waals surface area (Å²) in [6, 6.07) is 11.1. The number of alkyl halides is 3. The first kappa shape index (κ1) is 17.4. The Balaban J connectivity index is 1.55. The van der Waals surface area contributed by atoms with Crippen LogP contribution in [0.2, 0.25) is 0 Å². The first-order valence-corrected chi connectivity index (χ1v) is 7.98. The molecule has 3 nitrogen and oxygen atoms in total. The van der Waals surface area contributed by atoms with Gasteiger partial charge < -0.3 is 15.0 Å². The zero-order valence-corrected chi connectivity index (χ0v) is 13.8. The van der Waals surface area contributed by atoms with Crippen LogP contribution in [0.5, 0.6) is 5.75 Å². The Bertz CT molecular complexity index is 838. The second-order valence-electron chi connectivity index (χ2n) is 5.85. The quantitative estimate of drug-likeness (QED) is 0.642. The van der Waals surface area contributed by atoms with Crippen LogP contribution >= 0.6 is 0 Å². The maximum atomic E-state index is 12.5. The van der Waals surface area contributed by atoms with E-state index in [1.807, 2.05) is 24.4 Å². The molecule has 0 saturated heterocycles. The Morgan fingerprint density at radius 1 is 1.08 bits per heavy atom. The van der Waals surface area contributed by atoms with E-state index in [9.17, 15) is 13.2 Å². The SMILES string of the molecule is COc1ccc2[nH]cc(CCNCc3ccc(C(F)(F)F)cc3)c2c1. The van der Waals surface area contributed by atoms with Crippen molar-refractivity contribution in [1.82, 2.24) is 10.3 Å². The number of rotatable bonds is 6. The van der Waals surface area contributed by atoms with Crippen LogP contribution in [0.15, 0.2) is 48.7 Å². The number of H-pyrrole nitrogens is 1. The number of methoxy groups -OCH3 is 1. The predicted octanol–water partition coefficient (Wildman–Crippen LogP) is 4.53. The molecule has 0 unspecified atom stereocenters. The van der Waals surface area contributed by atoms with Crippen LogP contribution in [0.3, 0.4) is 0 Å². The zero-order valence-electron chi connectivity index (χ0n) is 13.8. The van der Waals surface area contributed by atoms with Crippen molar-refractivity contribution in [3.05, 3.63) is 65.4 Å². The number of aromatic nitrogens is 1. The molecular weight excluding hydrogens is 329 g/mol. The van der Waals surface area contributed by atoms with Crippen molar-refractivity contribution in [3.8, 4) is 5.75 Å². The van der Waals surface area contributed by atoms with Crippen molar-refractivity contribution in [2.45, 2.75) is 19.1 Å². The van der Waals surface area contributed by atoms with Gasteiger partial charge in [0.25, 0.3) is 0 Å². The minimum absolute atomic E-state index is 0.532. The number of hydrogen-bond donors (Lipinski definition) is 2. The van der Waals surface area contributed by atoms with Crippen molar-refractivity contribution in [3.63, 3.8) is 0 Å². The van der Waals surface area contributed by atoms with Crippen molar-refractivity contribution >= 4 is 10.9 Å². The van der Waals surface area contributed by atoms with Crippen molar-refractivity contribution < 1.29 is 17.9 Å². The summed E-state index contributed by atoms with van der Waals surface area (Å²) in [5, 5.41) is 4.39. The minimum atomic E-state index is -4.29. The van der Waals surface area contributed by atoms with Gasteiger partial charge in [0.05, 0.1) is 12.7 Å². The standard InChI is InChI=1S/C19H19F3N2O/c1-25-16-6-7-18-17(10-16)14(12-24-18)8-9-23-11-13-2-4-15(5-3-13)19(20,21)22/h2-7,10,12,23-24H,8-9,11H2,1H3. The first-order valence-electron chi connectivity index (χ1n) is 7.98. The van der Waals surface area contributed by atoms with Gasteiger partial charge in [0.2, 0.25) is 0 Å². The number of nitrogens with one attached hydrogen (secondary N) is 2. The van der Waals surface area contributed by atoms with Gasteiger partial charge in [-0.1, -0.05) is 12.1 Å². The molecule has 0 bridgehead atoms. The van der Waals surface area contributed by atoms with Gasteiger partial charge in [-0.25, -0.2) is 0 Å². The molecule has 2 aromatic carbocycles. The smallest absolute Gasteiger partial charge is 0.416 e. The van der Waals surface area contributed by atoms with E-state index in [1.54, 1.807) is 7.11 Å². The number of aromatic amines is 1. The first-order chi connectivity index (χ1) is 12.0. The fraction of sp³-hybridized carbons (Fsp3) is 0.263. The number of benzene rings is 2. The van der Waals surface area contributed by atoms with E-state index < -0.39 is 11.7 Å². The average Bonchev–Trinajstić information content (AvgIpc) is 3.00. The molecule has 1 heterocycles. The molecule has 0 spiro atoms. The predicted molar refractivity (Wildman–Crippen MR) is 91.7 cm³/mol. The van der Waals surface area contributed by atoms with E-state index >= 15 is 0 Å². The second kappa shape index (κ2) is 7.19. The van der Waals surface area contributed by atoms with E-state index in [2.05, 4.69) is 10.3 Å². The Morgan fingerprint density at radius 2 is 1.84 bits per heavy atom. The number of ether oxygens (including phenoxy) is 1. The van der Waals surface area contributed by atoms with Crippen molar-refractivity contribution in [2.24, 2.45) is 0 Å². The van der Waals surface area contributed by atoms with E-state index in [0.29, 0.717) is 6.54 Å². The summed E-state index contributed by atoms with van der Waals surface area (Å²) in [4.78, 5) is 3.23. The van der Waals surface area contributed by atoms with Crippen LogP contribution in [0, 0.1) is 0 Å². The normalized spacial score (nSPS) is 11.8. The third-order valence-electron chi connectivity index (χ3n) is 4.16. The molecule has 0 saturated carbocycles. The molecule has 0 aliphatic carbocycles. The summed E-state index contributed by atoms with van der Waals surface area (Å²) in [6.07, 6.45) is -1.50. The van der Waals surface area contributed by atoms with Gasteiger partial charge >= 0.3 is 6.18 Å². The van der Waals surface area contributed by atoms with E-state index in [0.717, 1.165) is 47.3 Å². The molecule has 0 fully saturated rings. The average molecular weight is 348 g/mol. The third kappa shape index (κ3) is 4.14. The summed E-state index contributed by atoms with van der Waals surface area (Å²) in [5.74, 6) is 0.811. The Hall–Kier alpha value is -2.47. The molecule has 0 radical (unpaired) electrons. The van der Waals surface area contributed by atoms with Crippen LogP contribution in [0.1, 0.15) is 16.7 Å². The highest BCUT2D eigenvalue weighted by molar-refractivity contribution is 5.84. The molecule has 3 aromatic rings. The van der Waals surface area contributed by atoms with Gasteiger partial charge in [-0.3, -0.25) is 0 Å². The van der Waals surface area contributed by atoms with Gasteiger partial charge in [-0.2, -0.15) is 13.2 Å². The maximum absolute atomic E-state index is 12.5. The fourth-order valence-electron chi connectivity index (χ4n) is 2.76. The highest BCUT2D eigenvalue weighted by Crippen LogP contribution is 2.29. The molecule has 0 aliphatic rings. The molecule has 132 valence electrons. The summed E-state index contributed by atoms with van der Waals surface area (Å²) < 4.78 is 42.9. The lowest BCUT2D eigenvalue weighted by Crippen LogP contribution is -2.16. The Labute approximate surface area is 143 Å².